The number of methoxy groups -OCH3 is 1. The first-order chi connectivity index (χ1) is 21.8. The van der Waals surface area contributed by atoms with E-state index < -0.39 is 52.8 Å². The summed E-state index contributed by atoms with van der Waals surface area (Å²) in [5.41, 5.74) is -2.08. The van der Waals surface area contributed by atoms with Crippen molar-refractivity contribution in [3.05, 3.63) is 17.7 Å². The van der Waals surface area contributed by atoms with Crippen molar-refractivity contribution >= 4 is 35.7 Å². The summed E-state index contributed by atoms with van der Waals surface area (Å²) in [5, 5.41) is 8.00. The van der Waals surface area contributed by atoms with Crippen LogP contribution in [0.5, 0.6) is 5.88 Å². The average molecular weight is 681 g/mol. The van der Waals surface area contributed by atoms with Gasteiger partial charge in [0.05, 0.1) is 28.3 Å². The molecule has 0 spiro atoms. The highest BCUT2D eigenvalue weighted by molar-refractivity contribution is 5.96. The number of aromatic nitrogens is 1. The maximum absolute atomic E-state index is 13.1. The number of esters is 3. The molecule has 0 radical (unpaired) electrons. The zero-order chi connectivity index (χ0) is 37.1. The number of quaternary nitrogens is 1. The predicted octanol–water partition coefficient (Wildman–Crippen LogP) is 4.03. The van der Waals surface area contributed by atoms with Crippen LogP contribution in [-0.2, 0) is 28.6 Å². The molecule has 3 N–H and O–H groups in total. The minimum Gasteiger partial charge on any atom is -0.480 e. The first-order valence-electron chi connectivity index (χ1n) is 16.2. The zero-order valence-corrected chi connectivity index (χ0v) is 31.1. The third-order valence-corrected chi connectivity index (χ3v) is 6.23. The van der Waals surface area contributed by atoms with Crippen molar-refractivity contribution in [3.8, 4) is 5.88 Å². The van der Waals surface area contributed by atoms with E-state index in [1.165, 1.54) is 7.11 Å². The Morgan fingerprint density at radius 3 is 1.71 bits per heavy atom. The van der Waals surface area contributed by atoms with Gasteiger partial charge < -0.3 is 34.9 Å². The minimum atomic E-state index is -1.19. The number of hydrogen-bond donors (Lipinski definition) is 3. The van der Waals surface area contributed by atoms with Crippen molar-refractivity contribution in [1.29, 1.82) is 0 Å². The van der Waals surface area contributed by atoms with E-state index in [4.69, 9.17) is 18.9 Å². The van der Waals surface area contributed by atoms with E-state index in [2.05, 4.69) is 20.9 Å². The lowest BCUT2D eigenvalue weighted by Gasteiger charge is -2.27. The van der Waals surface area contributed by atoms with Crippen LogP contribution in [0, 0.1) is 0 Å². The second-order valence-electron chi connectivity index (χ2n) is 15.4. The van der Waals surface area contributed by atoms with E-state index >= 15 is 0 Å². The van der Waals surface area contributed by atoms with E-state index in [1.54, 1.807) is 74.4 Å². The highest BCUT2D eigenvalue weighted by atomic mass is 16.6. The van der Waals surface area contributed by atoms with Gasteiger partial charge in [0, 0.05) is 19.0 Å². The number of amides is 3. The van der Waals surface area contributed by atoms with Gasteiger partial charge in [-0.05, 0) is 94.1 Å². The lowest BCUT2D eigenvalue weighted by molar-refractivity contribution is -0.159. The normalized spacial score (nSPS) is 13.4. The molecule has 14 heteroatoms. The number of rotatable bonds is 15. The molecule has 1 aromatic heterocycles. The van der Waals surface area contributed by atoms with E-state index in [0.29, 0.717) is 22.9 Å². The van der Waals surface area contributed by atoms with Crippen LogP contribution in [0.15, 0.2) is 12.1 Å². The van der Waals surface area contributed by atoms with Crippen LogP contribution in [0.1, 0.15) is 105 Å². The molecule has 0 fully saturated rings. The Balaban J connectivity index is 2.93. The van der Waals surface area contributed by atoms with Crippen LogP contribution in [0.25, 0.3) is 0 Å². The SMILES string of the molecule is COc1nc([N+](C)(C)C)ccc1C(=O)NCCCC[C@H](NC(=O)N[C@@H](CCC(=O)OC(C)(C)C)C(=O)OC(C)(C)C)C(=O)OC(C)(C)C. The van der Waals surface area contributed by atoms with Crippen molar-refractivity contribution < 1.29 is 42.9 Å². The summed E-state index contributed by atoms with van der Waals surface area (Å²) < 4.78 is 22.1. The first kappa shape index (κ1) is 42.1. The molecule has 2 atom stereocenters. The Bertz CT molecular complexity index is 1270. The van der Waals surface area contributed by atoms with Gasteiger partial charge in [0.2, 0.25) is 11.7 Å². The maximum Gasteiger partial charge on any atom is 0.329 e. The molecule has 14 nitrogen and oxygen atoms in total. The molecule has 48 heavy (non-hydrogen) atoms. The van der Waals surface area contributed by atoms with Crippen molar-refractivity contribution in [2.75, 3.05) is 34.8 Å². The molecular formula is C34H58N5O9+. The molecule has 0 unspecified atom stereocenters. The van der Waals surface area contributed by atoms with Crippen LogP contribution in [0.4, 0.5) is 10.6 Å². The van der Waals surface area contributed by atoms with Crippen LogP contribution in [-0.4, -0.2) is 98.5 Å². The highest BCUT2D eigenvalue weighted by Gasteiger charge is 2.31. The standard InChI is InChI=1S/C34H57N5O9/c1-32(2,3)46-26(40)20-18-24(30(43)48-34(7,8)9)37-31(44)36-23(29(42)47-33(4,5)6)16-14-15-21-35-27(41)22-17-19-25(39(10,11)12)38-28(22)45-13/h17,19,23-24H,14-16,18,20-21H2,1-13H3,(H2-,35,36,37,41,44)/p+1/t23-,24-/m0/s1. The number of carbonyl (C=O) groups is 5. The molecule has 0 bridgehead atoms. The number of ether oxygens (including phenoxy) is 4. The first-order valence-corrected chi connectivity index (χ1v) is 16.2. The maximum atomic E-state index is 13.1. The summed E-state index contributed by atoms with van der Waals surface area (Å²) in [7, 11) is 7.32. The topological polar surface area (TPSA) is 171 Å². The number of pyridine rings is 1. The lowest BCUT2D eigenvalue weighted by atomic mass is 10.1. The smallest absolute Gasteiger partial charge is 0.329 e. The molecule has 0 aliphatic rings. The van der Waals surface area contributed by atoms with Crippen LogP contribution < -0.4 is 25.2 Å². The van der Waals surface area contributed by atoms with E-state index in [9.17, 15) is 24.0 Å². The van der Waals surface area contributed by atoms with Gasteiger partial charge >= 0.3 is 23.9 Å². The Morgan fingerprint density at radius 2 is 1.25 bits per heavy atom. The molecule has 272 valence electrons. The Morgan fingerprint density at radius 1 is 0.750 bits per heavy atom. The molecule has 0 aliphatic carbocycles. The second kappa shape index (κ2) is 17.5. The molecule has 1 aromatic rings. The van der Waals surface area contributed by atoms with Crippen molar-refractivity contribution in [2.24, 2.45) is 0 Å². The van der Waals surface area contributed by atoms with Crippen LogP contribution in [0.2, 0.25) is 0 Å². The summed E-state index contributed by atoms with van der Waals surface area (Å²) >= 11 is 0. The van der Waals surface area contributed by atoms with Crippen molar-refractivity contribution in [2.45, 2.75) is 123 Å². The van der Waals surface area contributed by atoms with Gasteiger partial charge in [-0.2, -0.15) is 4.98 Å². The molecule has 0 saturated carbocycles. The van der Waals surface area contributed by atoms with Gasteiger partial charge in [-0.3, -0.25) is 14.1 Å². The molecule has 3 amide bonds. The Labute approximate surface area is 285 Å². The molecule has 1 rings (SSSR count). The number of carbonyl (C=O) groups excluding carboxylic acids is 5. The monoisotopic (exact) mass is 680 g/mol. The summed E-state index contributed by atoms with van der Waals surface area (Å²) in [6, 6.07) is 0.381. The van der Waals surface area contributed by atoms with Gasteiger partial charge in [0.25, 0.3) is 5.91 Å². The van der Waals surface area contributed by atoms with E-state index in [-0.39, 0.29) is 37.6 Å². The quantitative estimate of drug-likeness (QED) is 0.106. The highest BCUT2D eigenvalue weighted by Crippen LogP contribution is 2.22. The minimum absolute atomic E-state index is 0.0770. The third-order valence-electron chi connectivity index (χ3n) is 6.23. The number of nitrogens with one attached hydrogen (secondary N) is 3. The summed E-state index contributed by atoms with van der Waals surface area (Å²) in [6.07, 6.45) is 0.888. The summed E-state index contributed by atoms with van der Waals surface area (Å²) in [4.78, 5) is 68.8. The Hall–Kier alpha value is -3.94. The van der Waals surface area contributed by atoms with Crippen molar-refractivity contribution in [1.82, 2.24) is 25.4 Å². The van der Waals surface area contributed by atoms with E-state index in [0.717, 1.165) is 5.82 Å². The molecule has 0 aliphatic heterocycles. The van der Waals surface area contributed by atoms with Gasteiger partial charge in [-0.25, -0.2) is 14.4 Å². The fraction of sp³-hybridized carbons (Fsp3) is 0.706. The van der Waals surface area contributed by atoms with Crippen molar-refractivity contribution in [3.63, 3.8) is 0 Å². The molecular weight excluding hydrogens is 622 g/mol. The largest absolute Gasteiger partial charge is 0.480 e. The fourth-order valence-electron chi connectivity index (χ4n) is 4.16. The average Bonchev–Trinajstić information content (AvgIpc) is 2.90. The third kappa shape index (κ3) is 16.8. The molecule has 1 heterocycles. The van der Waals surface area contributed by atoms with Gasteiger partial charge in [-0.1, -0.05) is 0 Å². The molecule has 0 saturated heterocycles. The van der Waals surface area contributed by atoms with Gasteiger partial charge in [0.1, 0.15) is 34.5 Å². The zero-order valence-electron chi connectivity index (χ0n) is 31.1. The van der Waals surface area contributed by atoms with E-state index in [1.807, 2.05) is 21.1 Å². The number of unbranched alkanes of at least 4 members (excludes halogenated alkanes) is 1. The summed E-state index contributed by atoms with van der Waals surface area (Å²) in [5.74, 6) is -1.33. The number of hydrogen-bond acceptors (Lipinski definition) is 10. The number of nitrogens with zero attached hydrogens (tertiary/aromatic N) is 2. The van der Waals surface area contributed by atoms with Crippen LogP contribution >= 0.6 is 0 Å². The lowest BCUT2D eigenvalue weighted by Crippen LogP contribution is -2.53. The van der Waals surface area contributed by atoms with Gasteiger partial charge in [-0.15, -0.1) is 0 Å². The Kier molecular flexibility index (Phi) is 15.3. The summed E-state index contributed by atoms with van der Waals surface area (Å²) in [6.45, 7) is 15.7. The van der Waals surface area contributed by atoms with Crippen LogP contribution in [0.3, 0.4) is 0 Å². The number of urea groups is 1. The van der Waals surface area contributed by atoms with Gasteiger partial charge in [0.15, 0.2) is 0 Å². The fourth-order valence-corrected chi connectivity index (χ4v) is 4.16. The second-order valence-corrected chi connectivity index (χ2v) is 15.4. The molecule has 0 aromatic carbocycles. The predicted molar refractivity (Wildman–Crippen MR) is 183 cm³/mol.